The SMILES string of the molecule is COc1cccc(Sc2ccc(F)c(F)c2)c1C(C)N. The van der Waals surface area contributed by atoms with Crippen LogP contribution in [0.5, 0.6) is 5.75 Å². The fourth-order valence-corrected chi connectivity index (χ4v) is 3.00. The molecule has 0 aliphatic rings. The summed E-state index contributed by atoms with van der Waals surface area (Å²) in [6.45, 7) is 1.85. The van der Waals surface area contributed by atoms with Crippen LogP contribution in [0.25, 0.3) is 0 Å². The van der Waals surface area contributed by atoms with Crippen LogP contribution in [0.1, 0.15) is 18.5 Å². The second-order valence-corrected chi connectivity index (χ2v) is 5.45. The van der Waals surface area contributed by atoms with Crippen LogP contribution in [-0.2, 0) is 0 Å². The first-order chi connectivity index (χ1) is 9.52. The minimum Gasteiger partial charge on any atom is -0.496 e. The summed E-state index contributed by atoms with van der Waals surface area (Å²) in [6, 6.07) is 9.15. The largest absolute Gasteiger partial charge is 0.496 e. The van der Waals surface area contributed by atoms with Gasteiger partial charge in [0.2, 0.25) is 0 Å². The smallest absolute Gasteiger partial charge is 0.159 e. The Bertz CT molecular complexity index is 617. The molecule has 0 radical (unpaired) electrons. The number of ether oxygens (including phenoxy) is 1. The second kappa shape index (κ2) is 6.24. The third-order valence-corrected chi connectivity index (χ3v) is 3.89. The highest BCUT2D eigenvalue weighted by Gasteiger charge is 2.14. The first-order valence-corrected chi connectivity index (χ1v) is 6.90. The summed E-state index contributed by atoms with van der Waals surface area (Å²) in [7, 11) is 1.58. The number of halogens is 2. The van der Waals surface area contributed by atoms with Gasteiger partial charge in [0, 0.05) is 21.4 Å². The molecule has 2 aromatic carbocycles. The van der Waals surface area contributed by atoms with E-state index in [4.69, 9.17) is 10.5 Å². The zero-order valence-electron chi connectivity index (χ0n) is 11.2. The maximum atomic E-state index is 13.2. The van der Waals surface area contributed by atoms with E-state index in [9.17, 15) is 8.78 Å². The standard InChI is InChI=1S/C15H15F2NOS/c1-9(18)15-13(19-2)4-3-5-14(15)20-10-6-7-11(16)12(17)8-10/h3-9H,18H2,1-2H3. The van der Waals surface area contributed by atoms with Crippen molar-refractivity contribution < 1.29 is 13.5 Å². The maximum absolute atomic E-state index is 13.2. The Hall–Kier alpha value is -1.59. The van der Waals surface area contributed by atoms with Gasteiger partial charge in [-0.15, -0.1) is 0 Å². The molecule has 2 nitrogen and oxygen atoms in total. The Kier molecular flexibility index (Phi) is 4.62. The molecule has 2 N–H and O–H groups in total. The molecule has 0 amide bonds. The van der Waals surface area contributed by atoms with Crippen LogP contribution >= 0.6 is 11.8 Å². The summed E-state index contributed by atoms with van der Waals surface area (Å²) in [5.74, 6) is -1.03. The molecule has 2 rings (SSSR count). The molecule has 106 valence electrons. The van der Waals surface area contributed by atoms with Crippen LogP contribution in [0.4, 0.5) is 8.78 Å². The first kappa shape index (κ1) is 14.8. The lowest BCUT2D eigenvalue weighted by Crippen LogP contribution is -2.08. The van der Waals surface area contributed by atoms with E-state index in [1.54, 1.807) is 7.11 Å². The number of hydrogen-bond donors (Lipinski definition) is 1. The lowest BCUT2D eigenvalue weighted by atomic mass is 10.1. The fraction of sp³-hybridized carbons (Fsp3) is 0.200. The Balaban J connectivity index is 2.40. The lowest BCUT2D eigenvalue weighted by Gasteiger charge is -2.16. The molecule has 0 heterocycles. The normalized spacial score (nSPS) is 12.2. The predicted molar refractivity (Wildman–Crippen MR) is 76.1 cm³/mol. The summed E-state index contributed by atoms with van der Waals surface area (Å²) < 4.78 is 31.5. The third kappa shape index (κ3) is 3.11. The van der Waals surface area contributed by atoms with E-state index >= 15 is 0 Å². The number of rotatable bonds is 4. The average molecular weight is 295 g/mol. The van der Waals surface area contributed by atoms with Crippen molar-refractivity contribution in [3.63, 3.8) is 0 Å². The van der Waals surface area contributed by atoms with Crippen LogP contribution < -0.4 is 10.5 Å². The van der Waals surface area contributed by atoms with E-state index in [2.05, 4.69) is 0 Å². The van der Waals surface area contributed by atoms with Gasteiger partial charge in [-0.1, -0.05) is 17.8 Å². The summed E-state index contributed by atoms with van der Waals surface area (Å²) in [5, 5.41) is 0. The molecule has 0 aromatic heterocycles. The van der Waals surface area contributed by atoms with Crippen LogP contribution in [0.3, 0.4) is 0 Å². The summed E-state index contributed by atoms with van der Waals surface area (Å²) in [4.78, 5) is 1.48. The number of methoxy groups -OCH3 is 1. The van der Waals surface area contributed by atoms with Gasteiger partial charge in [-0.25, -0.2) is 8.78 Å². The van der Waals surface area contributed by atoms with Crippen molar-refractivity contribution in [2.24, 2.45) is 5.73 Å². The van der Waals surface area contributed by atoms with Gasteiger partial charge >= 0.3 is 0 Å². The fourth-order valence-electron chi connectivity index (χ4n) is 1.91. The molecular formula is C15H15F2NOS. The van der Waals surface area contributed by atoms with Crippen LogP contribution in [0, 0.1) is 11.6 Å². The molecule has 0 saturated carbocycles. The van der Waals surface area contributed by atoms with Gasteiger partial charge in [-0.3, -0.25) is 0 Å². The predicted octanol–water partition coefficient (Wildman–Crippen LogP) is 4.14. The van der Waals surface area contributed by atoms with E-state index in [1.807, 2.05) is 25.1 Å². The molecular weight excluding hydrogens is 280 g/mol. The summed E-state index contributed by atoms with van der Waals surface area (Å²) in [6.07, 6.45) is 0. The second-order valence-electron chi connectivity index (χ2n) is 4.34. The Labute approximate surface area is 120 Å². The maximum Gasteiger partial charge on any atom is 0.159 e. The minimum absolute atomic E-state index is 0.223. The quantitative estimate of drug-likeness (QED) is 0.920. The van der Waals surface area contributed by atoms with Gasteiger partial charge in [0.25, 0.3) is 0 Å². The van der Waals surface area contributed by atoms with Crippen LogP contribution in [0.15, 0.2) is 46.2 Å². The van der Waals surface area contributed by atoms with Gasteiger partial charge < -0.3 is 10.5 Å². The highest BCUT2D eigenvalue weighted by molar-refractivity contribution is 7.99. The third-order valence-electron chi connectivity index (χ3n) is 2.82. The molecule has 0 fully saturated rings. The van der Waals surface area contributed by atoms with Gasteiger partial charge in [0.05, 0.1) is 7.11 Å². The van der Waals surface area contributed by atoms with Gasteiger partial charge in [0.15, 0.2) is 11.6 Å². The van der Waals surface area contributed by atoms with E-state index in [1.165, 1.54) is 23.9 Å². The molecule has 0 aliphatic heterocycles. The number of hydrogen-bond acceptors (Lipinski definition) is 3. The molecule has 1 unspecified atom stereocenters. The molecule has 0 spiro atoms. The molecule has 2 aromatic rings. The summed E-state index contributed by atoms with van der Waals surface area (Å²) >= 11 is 1.33. The van der Waals surface area contributed by atoms with Crippen LogP contribution in [0.2, 0.25) is 0 Å². The number of benzene rings is 2. The Morgan fingerprint density at radius 3 is 2.50 bits per heavy atom. The molecule has 0 saturated heterocycles. The lowest BCUT2D eigenvalue weighted by molar-refractivity contribution is 0.405. The van der Waals surface area contributed by atoms with Crippen molar-refractivity contribution in [1.29, 1.82) is 0 Å². The topological polar surface area (TPSA) is 35.2 Å². The van der Waals surface area contributed by atoms with Crippen molar-refractivity contribution in [3.05, 3.63) is 53.6 Å². The van der Waals surface area contributed by atoms with Crippen molar-refractivity contribution in [2.45, 2.75) is 22.8 Å². The highest BCUT2D eigenvalue weighted by Crippen LogP contribution is 2.37. The summed E-state index contributed by atoms with van der Waals surface area (Å²) in [5.41, 5.74) is 6.82. The van der Waals surface area contributed by atoms with Gasteiger partial charge in [-0.05, 0) is 37.3 Å². The van der Waals surface area contributed by atoms with E-state index < -0.39 is 11.6 Å². The molecule has 1 atom stereocenters. The number of nitrogens with two attached hydrogens (primary N) is 1. The Morgan fingerprint density at radius 1 is 1.15 bits per heavy atom. The molecule has 5 heteroatoms. The van der Waals surface area contributed by atoms with E-state index in [0.29, 0.717) is 10.6 Å². The molecule has 20 heavy (non-hydrogen) atoms. The molecule has 0 bridgehead atoms. The van der Waals surface area contributed by atoms with Gasteiger partial charge in [-0.2, -0.15) is 0 Å². The van der Waals surface area contributed by atoms with E-state index in [-0.39, 0.29) is 6.04 Å². The van der Waals surface area contributed by atoms with Crippen molar-refractivity contribution in [2.75, 3.05) is 7.11 Å². The van der Waals surface area contributed by atoms with Crippen LogP contribution in [-0.4, -0.2) is 7.11 Å². The van der Waals surface area contributed by atoms with Gasteiger partial charge in [0.1, 0.15) is 5.75 Å². The zero-order valence-corrected chi connectivity index (χ0v) is 12.0. The average Bonchev–Trinajstić information content (AvgIpc) is 2.42. The first-order valence-electron chi connectivity index (χ1n) is 6.08. The Morgan fingerprint density at radius 2 is 1.90 bits per heavy atom. The monoisotopic (exact) mass is 295 g/mol. The molecule has 0 aliphatic carbocycles. The van der Waals surface area contributed by atoms with E-state index in [0.717, 1.165) is 16.5 Å². The zero-order chi connectivity index (χ0) is 14.7. The van der Waals surface area contributed by atoms with Crippen molar-refractivity contribution >= 4 is 11.8 Å². The minimum atomic E-state index is -0.861. The highest BCUT2D eigenvalue weighted by atomic mass is 32.2. The van der Waals surface area contributed by atoms with Crippen molar-refractivity contribution in [1.82, 2.24) is 0 Å². The van der Waals surface area contributed by atoms with Crippen molar-refractivity contribution in [3.8, 4) is 5.75 Å².